The normalized spacial score (nSPS) is 12.6. The summed E-state index contributed by atoms with van der Waals surface area (Å²) in [6, 6.07) is 7.78. The second-order valence-electron chi connectivity index (χ2n) is 4.02. The largest absolute Gasteiger partial charge is 0.469 e. The number of rotatable bonds is 3. The number of aromatic nitrogens is 1. The average Bonchev–Trinajstić information content (AvgIpc) is 2.74. The lowest BCUT2D eigenvalue weighted by Crippen LogP contribution is -2.11. The number of carbonyl (C=O) groups is 1. The number of methoxy groups -OCH3 is 1. The molecule has 0 fully saturated rings. The summed E-state index contributed by atoms with van der Waals surface area (Å²) in [5, 5.41) is 1.73. The number of halogens is 1. The lowest BCUT2D eigenvalue weighted by Gasteiger charge is -2.14. The van der Waals surface area contributed by atoms with Crippen LogP contribution in [0.25, 0.3) is 10.9 Å². The Morgan fingerprint density at radius 2 is 2.24 bits per heavy atom. The number of carbonyl (C=O) groups excluding carboxylic acids is 1. The van der Waals surface area contributed by atoms with E-state index in [9.17, 15) is 4.79 Å². The second kappa shape index (κ2) is 4.80. The molecule has 2 rings (SSSR count). The fraction of sp³-hybridized carbons (Fsp3) is 0.308. The monoisotopic (exact) mass is 251 g/mol. The standard InChI is InChI=1S/C13H14ClNO2/c1-9(8-13(16)17-2)15-7-6-10-11(14)4-3-5-12(10)15/h3-7,9H,8H2,1-2H3. The van der Waals surface area contributed by atoms with Gasteiger partial charge in [0.05, 0.1) is 13.5 Å². The van der Waals surface area contributed by atoms with Gasteiger partial charge >= 0.3 is 5.97 Å². The zero-order valence-corrected chi connectivity index (χ0v) is 10.6. The van der Waals surface area contributed by atoms with Crippen molar-refractivity contribution in [2.24, 2.45) is 0 Å². The topological polar surface area (TPSA) is 31.2 Å². The van der Waals surface area contributed by atoms with E-state index in [2.05, 4.69) is 4.74 Å². The molecule has 1 unspecified atom stereocenters. The van der Waals surface area contributed by atoms with Gasteiger partial charge in [-0.05, 0) is 25.1 Å². The molecule has 2 aromatic rings. The zero-order valence-electron chi connectivity index (χ0n) is 9.81. The summed E-state index contributed by atoms with van der Waals surface area (Å²) in [7, 11) is 1.40. The Hall–Kier alpha value is -1.48. The maximum atomic E-state index is 11.3. The highest BCUT2D eigenvalue weighted by Crippen LogP contribution is 2.27. The quantitative estimate of drug-likeness (QED) is 0.783. The Kier molecular flexibility index (Phi) is 3.38. The Morgan fingerprint density at radius 1 is 1.47 bits per heavy atom. The minimum Gasteiger partial charge on any atom is -0.469 e. The molecule has 0 radical (unpaired) electrons. The van der Waals surface area contributed by atoms with Crippen LogP contribution in [-0.2, 0) is 9.53 Å². The number of nitrogens with zero attached hydrogens (tertiary/aromatic N) is 1. The van der Waals surface area contributed by atoms with Crippen molar-refractivity contribution in [3.8, 4) is 0 Å². The highest BCUT2D eigenvalue weighted by Gasteiger charge is 2.13. The molecule has 1 heterocycles. The van der Waals surface area contributed by atoms with Crippen molar-refractivity contribution >= 4 is 28.5 Å². The lowest BCUT2D eigenvalue weighted by molar-refractivity contribution is -0.141. The van der Waals surface area contributed by atoms with E-state index < -0.39 is 0 Å². The van der Waals surface area contributed by atoms with Crippen molar-refractivity contribution in [3.63, 3.8) is 0 Å². The van der Waals surface area contributed by atoms with Crippen LogP contribution in [0.4, 0.5) is 0 Å². The molecule has 0 spiro atoms. The van der Waals surface area contributed by atoms with E-state index >= 15 is 0 Å². The van der Waals surface area contributed by atoms with Gasteiger partial charge in [-0.2, -0.15) is 0 Å². The first-order valence-electron chi connectivity index (χ1n) is 5.45. The molecule has 3 nitrogen and oxygen atoms in total. The van der Waals surface area contributed by atoms with E-state index in [1.807, 2.05) is 42.0 Å². The van der Waals surface area contributed by atoms with Crippen LogP contribution in [0.15, 0.2) is 30.5 Å². The Morgan fingerprint density at radius 3 is 2.94 bits per heavy atom. The first-order chi connectivity index (χ1) is 8.13. The van der Waals surface area contributed by atoms with Crippen LogP contribution in [0, 0.1) is 0 Å². The van der Waals surface area contributed by atoms with Crippen molar-refractivity contribution < 1.29 is 9.53 Å². The number of hydrogen-bond acceptors (Lipinski definition) is 2. The third kappa shape index (κ3) is 2.29. The fourth-order valence-electron chi connectivity index (χ4n) is 1.96. The summed E-state index contributed by atoms with van der Waals surface area (Å²) in [5.41, 5.74) is 1.04. The molecule has 0 saturated heterocycles. The molecule has 0 bridgehead atoms. The van der Waals surface area contributed by atoms with Crippen LogP contribution in [0.5, 0.6) is 0 Å². The summed E-state index contributed by atoms with van der Waals surface area (Å²) < 4.78 is 6.72. The zero-order chi connectivity index (χ0) is 12.4. The summed E-state index contributed by atoms with van der Waals surface area (Å²) in [4.78, 5) is 11.3. The van der Waals surface area contributed by atoms with Gasteiger partial charge in [-0.3, -0.25) is 4.79 Å². The van der Waals surface area contributed by atoms with Gasteiger partial charge in [0, 0.05) is 28.2 Å². The molecular weight excluding hydrogens is 238 g/mol. The smallest absolute Gasteiger partial charge is 0.307 e. The molecule has 1 aromatic carbocycles. The summed E-state index contributed by atoms with van der Waals surface area (Å²) in [5.74, 6) is -0.207. The molecule has 0 saturated carbocycles. The van der Waals surface area contributed by atoms with Crippen LogP contribution in [-0.4, -0.2) is 17.6 Å². The van der Waals surface area contributed by atoms with E-state index in [-0.39, 0.29) is 12.0 Å². The van der Waals surface area contributed by atoms with E-state index in [1.165, 1.54) is 7.11 Å². The second-order valence-corrected chi connectivity index (χ2v) is 4.43. The molecule has 0 amide bonds. The van der Waals surface area contributed by atoms with Crippen LogP contribution < -0.4 is 0 Å². The molecule has 0 aliphatic rings. The van der Waals surface area contributed by atoms with E-state index in [1.54, 1.807) is 0 Å². The number of ether oxygens (including phenoxy) is 1. The van der Waals surface area contributed by atoms with Gasteiger partial charge in [0.25, 0.3) is 0 Å². The number of benzene rings is 1. The van der Waals surface area contributed by atoms with Gasteiger partial charge in [-0.1, -0.05) is 17.7 Å². The van der Waals surface area contributed by atoms with E-state index in [4.69, 9.17) is 11.6 Å². The van der Waals surface area contributed by atoms with Gasteiger partial charge in [-0.25, -0.2) is 0 Å². The van der Waals surface area contributed by atoms with E-state index in [0.29, 0.717) is 6.42 Å². The average molecular weight is 252 g/mol. The Bertz CT molecular complexity index is 547. The van der Waals surface area contributed by atoms with Crippen molar-refractivity contribution in [1.29, 1.82) is 0 Å². The van der Waals surface area contributed by atoms with Crippen molar-refractivity contribution in [2.45, 2.75) is 19.4 Å². The van der Waals surface area contributed by atoms with Crippen LogP contribution in [0.1, 0.15) is 19.4 Å². The molecule has 0 N–H and O–H groups in total. The van der Waals surface area contributed by atoms with Crippen LogP contribution in [0.2, 0.25) is 5.02 Å². The minimum atomic E-state index is -0.207. The van der Waals surface area contributed by atoms with Gasteiger partial charge in [0.15, 0.2) is 0 Å². The molecular formula is C13H14ClNO2. The Labute approximate surface area is 105 Å². The third-order valence-electron chi connectivity index (χ3n) is 2.87. The number of esters is 1. The van der Waals surface area contributed by atoms with Gasteiger partial charge in [0.2, 0.25) is 0 Å². The summed E-state index contributed by atoms with van der Waals surface area (Å²) in [6.07, 6.45) is 2.30. The lowest BCUT2D eigenvalue weighted by atomic mass is 10.2. The predicted molar refractivity (Wildman–Crippen MR) is 68.3 cm³/mol. The van der Waals surface area contributed by atoms with Gasteiger partial charge < -0.3 is 9.30 Å². The van der Waals surface area contributed by atoms with Crippen LogP contribution >= 0.6 is 11.6 Å². The minimum absolute atomic E-state index is 0.0541. The highest BCUT2D eigenvalue weighted by atomic mass is 35.5. The molecule has 1 aromatic heterocycles. The summed E-state index contributed by atoms with van der Waals surface area (Å²) >= 11 is 6.10. The third-order valence-corrected chi connectivity index (χ3v) is 3.20. The number of hydrogen-bond donors (Lipinski definition) is 0. The first kappa shape index (κ1) is 12.0. The van der Waals surface area contributed by atoms with Crippen molar-refractivity contribution in [3.05, 3.63) is 35.5 Å². The maximum Gasteiger partial charge on any atom is 0.307 e. The Balaban J connectivity index is 2.36. The van der Waals surface area contributed by atoms with Crippen LogP contribution in [0.3, 0.4) is 0 Å². The summed E-state index contributed by atoms with van der Waals surface area (Å²) in [6.45, 7) is 1.98. The van der Waals surface area contributed by atoms with Crippen molar-refractivity contribution in [2.75, 3.05) is 7.11 Å². The maximum absolute atomic E-state index is 11.3. The molecule has 90 valence electrons. The fourth-order valence-corrected chi connectivity index (χ4v) is 2.19. The molecule has 0 aliphatic heterocycles. The molecule has 0 aliphatic carbocycles. The van der Waals surface area contributed by atoms with Gasteiger partial charge in [-0.15, -0.1) is 0 Å². The highest BCUT2D eigenvalue weighted by molar-refractivity contribution is 6.35. The SMILES string of the molecule is COC(=O)CC(C)n1ccc2c(Cl)cccc21. The molecule has 1 atom stereocenters. The molecule has 4 heteroatoms. The van der Waals surface area contributed by atoms with Gasteiger partial charge in [0.1, 0.15) is 0 Å². The number of fused-ring (bicyclic) bond motifs is 1. The van der Waals surface area contributed by atoms with Crippen molar-refractivity contribution in [1.82, 2.24) is 4.57 Å². The predicted octanol–water partition coefficient (Wildman–Crippen LogP) is 3.42. The molecule has 17 heavy (non-hydrogen) atoms. The van der Waals surface area contributed by atoms with E-state index in [0.717, 1.165) is 15.9 Å². The first-order valence-corrected chi connectivity index (χ1v) is 5.83.